The standard InChI is InChI=1S/C38H35BN2/c1-26-17-20-31(21-18-26)41-35-22-19-27(2)23-33(35)39-32-15-9-10-16-34(32)40(30-13-7-4-8-14-30)36-24-29(25-37(41)38(36)39)28-11-5-3-6-12-28/h4,7-10,13-25,28H,3,5-6,11-12H2,1-2H3. The van der Waals surface area contributed by atoms with Crippen LogP contribution in [0.25, 0.3) is 0 Å². The largest absolute Gasteiger partial charge is 0.311 e. The third-order valence-corrected chi connectivity index (χ3v) is 9.54. The molecule has 1 saturated carbocycles. The van der Waals surface area contributed by atoms with E-state index in [1.165, 1.54) is 99.3 Å². The normalized spacial score (nSPS) is 15.8. The van der Waals surface area contributed by atoms with Gasteiger partial charge < -0.3 is 9.80 Å². The van der Waals surface area contributed by atoms with Crippen molar-refractivity contribution < 1.29 is 0 Å². The second-order valence-electron chi connectivity index (χ2n) is 12.2. The molecule has 1 aliphatic carbocycles. The molecule has 8 rings (SSSR count). The van der Waals surface area contributed by atoms with Crippen molar-refractivity contribution in [1.29, 1.82) is 0 Å². The van der Waals surface area contributed by atoms with Crippen molar-refractivity contribution >= 4 is 57.2 Å². The smallest absolute Gasteiger partial charge is 0.252 e. The van der Waals surface area contributed by atoms with Gasteiger partial charge in [-0.1, -0.05) is 91.1 Å². The molecule has 200 valence electrons. The summed E-state index contributed by atoms with van der Waals surface area (Å²) in [5, 5.41) is 0. The van der Waals surface area contributed by atoms with Crippen LogP contribution in [0.3, 0.4) is 0 Å². The molecule has 3 heteroatoms. The third kappa shape index (κ3) is 3.94. The molecule has 41 heavy (non-hydrogen) atoms. The van der Waals surface area contributed by atoms with Crippen molar-refractivity contribution in [2.75, 3.05) is 9.80 Å². The van der Waals surface area contributed by atoms with E-state index in [0.29, 0.717) is 5.92 Å². The van der Waals surface area contributed by atoms with Gasteiger partial charge in [-0.05, 0) is 103 Å². The summed E-state index contributed by atoms with van der Waals surface area (Å²) in [6.45, 7) is 4.59. The van der Waals surface area contributed by atoms with Gasteiger partial charge in [0.25, 0.3) is 6.71 Å². The lowest BCUT2D eigenvalue weighted by atomic mass is 9.33. The van der Waals surface area contributed by atoms with Crippen LogP contribution in [0.5, 0.6) is 0 Å². The van der Waals surface area contributed by atoms with E-state index in [4.69, 9.17) is 0 Å². The summed E-state index contributed by atoms with van der Waals surface area (Å²) in [6.07, 6.45) is 6.58. The Morgan fingerprint density at radius 3 is 1.88 bits per heavy atom. The Labute approximate surface area is 244 Å². The predicted octanol–water partition coefficient (Wildman–Crippen LogP) is 8.43. The van der Waals surface area contributed by atoms with Crippen LogP contribution in [-0.2, 0) is 0 Å². The van der Waals surface area contributed by atoms with Crippen molar-refractivity contribution in [3.8, 4) is 0 Å². The average Bonchev–Trinajstić information content (AvgIpc) is 3.02. The summed E-state index contributed by atoms with van der Waals surface area (Å²) >= 11 is 0. The predicted molar refractivity (Wildman–Crippen MR) is 176 cm³/mol. The third-order valence-electron chi connectivity index (χ3n) is 9.54. The molecule has 2 aliphatic heterocycles. The monoisotopic (exact) mass is 530 g/mol. The molecular formula is C38H35BN2. The van der Waals surface area contributed by atoms with Gasteiger partial charge in [-0.2, -0.15) is 0 Å². The fourth-order valence-electron chi connectivity index (χ4n) is 7.59. The summed E-state index contributed by atoms with van der Waals surface area (Å²) < 4.78 is 0. The van der Waals surface area contributed by atoms with Crippen molar-refractivity contribution in [2.45, 2.75) is 51.9 Å². The number of para-hydroxylation sites is 2. The van der Waals surface area contributed by atoms with Crippen molar-refractivity contribution in [3.05, 3.63) is 126 Å². The molecular weight excluding hydrogens is 495 g/mol. The molecule has 2 nitrogen and oxygen atoms in total. The number of hydrogen-bond donors (Lipinski definition) is 0. The number of benzene rings is 5. The molecule has 1 fully saturated rings. The zero-order valence-electron chi connectivity index (χ0n) is 24.0. The molecule has 0 unspecified atom stereocenters. The lowest BCUT2D eigenvalue weighted by Gasteiger charge is -2.45. The Bertz CT molecular complexity index is 1750. The maximum absolute atomic E-state index is 2.56. The maximum atomic E-state index is 2.56. The van der Waals surface area contributed by atoms with Gasteiger partial charge in [0.15, 0.2) is 0 Å². The van der Waals surface area contributed by atoms with Gasteiger partial charge >= 0.3 is 0 Å². The van der Waals surface area contributed by atoms with E-state index < -0.39 is 0 Å². The Balaban J connectivity index is 1.47. The number of fused-ring (bicyclic) bond motifs is 4. The van der Waals surface area contributed by atoms with Gasteiger partial charge in [-0.25, -0.2) is 0 Å². The number of hydrogen-bond acceptors (Lipinski definition) is 2. The molecule has 5 aromatic rings. The zero-order chi connectivity index (χ0) is 27.5. The highest BCUT2D eigenvalue weighted by Gasteiger charge is 2.43. The van der Waals surface area contributed by atoms with Gasteiger partial charge in [0, 0.05) is 34.1 Å². The fourth-order valence-corrected chi connectivity index (χ4v) is 7.59. The Morgan fingerprint density at radius 2 is 1.15 bits per heavy atom. The quantitative estimate of drug-likeness (QED) is 0.212. The summed E-state index contributed by atoms with van der Waals surface area (Å²) in [7, 11) is 0. The number of aryl methyl sites for hydroxylation is 2. The van der Waals surface area contributed by atoms with Crippen molar-refractivity contribution in [2.24, 2.45) is 0 Å². The first kappa shape index (κ1) is 24.6. The van der Waals surface area contributed by atoms with Gasteiger partial charge in [-0.3, -0.25) is 0 Å². The molecule has 2 heterocycles. The minimum absolute atomic E-state index is 0.188. The summed E-state index contributed by atoms with van der Waals surface area (Å²) in [5.74, 6) is 0.609. The number of nitrogens with zero attached hydrogens (tertiary/aromatic N) is 2. The first-order chi connectivity index (χ1) is 20.2. The Kier molecular flexibility index (Phi) is 5.81. The lowest BCUT2D eigenvalue weighted by molar-refractivity contribution is 0.444. The first-order valence-corrected chi connectivity index (χ1v) is 15.3. The van der Waals surface area contributed by atoms with Crippen LogP contribution >= 0.6 is 0 Å². The second kappa shape index (κ2) is 9.70. The fraction of sp³-hybridized carbons (Fsp3) is 0.211. The molecule has 0 N–H and O–H groups in total. The molecule has 0 radical (unpaired) electrons. The van der Waals surface area contributed by atoms with E-state index >= 15 is 0 Å². The van der Waals surface area contributed by atoms with Crippen LogP contribution in [0, 0.1) is 13.8 Å². The molecule has 0 spiro atoms. The molecule has 0 amide bonds. The average molecular weight is 531 g/mol. The van der Waals surface area contributed by atoms with E-state index in [0.717, 1.165) is 0 Å². The Hall–Kier alpha value is -4.24. The topological polar surface area (TPSA) is 6.48 Å². The van der Waals surface area contributed by atoms with Gasteiger partial charge in [0.1, 0.15) is 0 Å². The Morgan fingerprint density at radius 1 is 0.537 bits per heavy atom. The van der Waals surface area contributed by atoms with E-state index in [2.05, 4.69) is 133 Å². The van der Waals surface area contributed by atoms with E-state index in [1.54, 1.807) is 0 Å². The van der Waals surface area contributed by atoms with E-state index in [9.17, 15) is 0 Å². The van der Waals surface area contributed by atoms with E-state index in [1.807, 2.05) is 0 Å². The highest BCUT2D eigenvalue weighted by atomic mass is 15.2. The van der Waals surface area contributed by atoms with Crippen LogP contribution in [0.2, 0.25) is 0 Å². The van der Waals surface area contributed by atoms with Crippen LogP contribution in [0.4, 0.5) is 34.1 Å². The van der Waals surface area contributed by atoms with Crippen LogP contribution in [-0.4, -0.2) is 6.71 Å². The minimum atomic E-state index is 0.188. The SMILES string of the molecule is Cc1ccc(N2c3ccc(C)cc3B3c4ccccc4N(c4ccccc4)c4cc(C5CCCCC5)cc2c43)cc1. The molecule has 5 aromatic carbocycles. The van der Waals surface area contributed by atoms with Gasteiger partial charge in [0.2, 0.25) is 0 Å². The second-order valence-corrected chi connectivity index (χ2v) is 12.2. The molecule has 0 aromatic heterocycles. The maximum Gasteiger partial charge on any atom is 0.252 e. The minimum Gasteiger partial charge on any atom is -0.311 e. The van der Waals surface area contributed by atoms with Crippen LogP contribution < -0.4 is 26.2 Å². The van der Waals surface area contributed by atoms with Gasteiger partial charge in [-0.15, -0.1) is 0 Å². The van der Waals surface area contributed by atoms with Crippen molar-refractivity contribution in [1.82, 2.24) is 0 Å². The molecule has 3 aliphatic rings. The van der Waals surface area contributed by atoms with Crippen LogP contribution in [0.15, 0.2) is 109 Å². The van der Waals surface area contributed by atoms with E-state index in [-0.39, 0.29) is 6.71 Å². The van der Waals surface area contributed by atoms with Crippen molar-refractivity contribution in [3.63, 3.8) is 0 Å². The van der Waals surface area contributed by atoms with Gasteiger partial charge in [0.05, 0.1) is 0 Å². The molecule has 0 saturated heterocycles. The first-order valence-electron chi connectivity index (χ1n) is 15.3. The zero-order valence-corrected chi connectivity index (χ0v) is 24.0. The molecule has 0 bridgehead atoms. The number of anilines is 6. The summed E-state index contributed by atoms with van der Waals surface area (Å²) in [6, 6.07) is 41.3. The lowest BCUT2D eigenvalue weighted by Crippen LogP contribution is -2.61. The summed E-state index contributed by atoms with van der Waals surface area (Å²) in [4.78, 5) is 5.08. The molecule has 0 atom stereocenters. The van der Waals surface area contributed by atoms with Crippen LogP contribution in [0.1, 0.15) is 54.7 Å². The highest BCUT2D eigenvalue weighted by Crippen LogP contribution is 2.46. The summed E-state index contributed by atoms with van der Waals surface area (Å²) in [5.41, 5.74) is 16.0. The highest BCUT2D eigenvalue weighted by molar-refractivity contribution is 7.00. The number of rotatable bonds is 3.